The molecule has 0 unspecified atom stereocenters. The highest BCUT2D eigenvalue weighted by atomic mass is 32.1. The standard InChI is InChI=1S/C26H28N2O5S/c1-28(17-10-6-5-7-11-17)26(30)22-18-12-8-9-13-21(18)34-25(22)27-24(29)16-14-19(31-2)23(33-4)20(15-16)32-3/h5-7,10-11,14-15H,8-9,12-13H2,1-4H3,(H,27,29). The SMILES string of the molecule is COc1cc(C(=O)Nc2sc3c(c2C(=O)N(C)c2ccccc2)CCCC3)cc(OC)c1OC. The number of methoxy groups -OCH3 is 3. The van der Waals surface area contributed by atoms with Crippen LogP contribution in [0.5, 0.6) is 17.2 Å². The third kappa shape index (κ3) is 4.46. The van der Waals surface area contributed by atoms with Gasteiger partial charge in [0.15, 0.2) is 11.5 Å². The lowest BCUT2D eigenvalue weighted by molar-refractivity contribution is 0.0993. The predicted molar refractivity (Wildman–Crippen MR) is 134 cm³/mol. The number of amides is 2. The molecule has 0 aliphatic heterocycles. The molecule has 0 spiro atoms. The van der Waals surface area contributed by atoms with Gasteiger partial charge in [-0.3, -0.25) is 9.59 Å². The average Bonchev–Trinajstić information content (AvgIpc) is 3.24. The zero-order valence-electron chi connectivity index (χ0n) is 19.8. The van der Waals surface area contributed by atoms with E-state index in [1.54, 1.807) is 24.1 Å². The van der Waals surface area contributed by atoms with Crippen LogP contribution in [0.1, 0.15) is 44.0 Å². The first kappa shape index (κ1) is 23.6. The Balaban J connectivity index is 1.71. The van der Waals surface area contributed by atoms with Crippen molar-refractivity contribution in [3.8, 4) is 17.2 Å². The summed E-state index contributed by atoms with van der Waals surface area (Å²) < 4.78 is 16.1. The van der Waals surface area contributed by atoms with Crippen molar-refractivity contribution in [3.63, 3.8) is 0 Å². The van der Waals surface area contributed by atoms with Crippen LogP contribution in [0.15, 0.2) is 42.5 Å². The van der Waals surface area contributed by atoms with E-state index >= 15 is 0 Å². The molecule has 2 amide bonds. The van der Waals surface area contributed by atoms with Crippen LogP contribution in [0, 0.1) is 0 Å². The molecule has 7 nitrogen and oxygen atoms in total. The van der Waals surface area contributed by atoms with Crippen molar-refractivity contribution in [2.24, 2.45) is 0 Å². The van der Waals surface area contributed by atoms with Gasteiger partial charge < -0.3 is 24.4 Å². The molecular formula is C26H28N2O5S. The van der Waals surface area contributed by atoms with Crippen LogP contribution in [0.25, 0.3) is 0 Å². The van der Waals surface area contributed by atoms with Gasteiger partial charge in [-0.05, 0) is 55.5 Å². The van der Waals surface area contributed by atoms with Gasteiger partial charge in [0.25, 0.3) is 11.8 Å². The van der Waals surface area contributed by atoms with Gasteiger partial charge in [0.2, 0.25) is 5.75 Å². The van der Waals surface area contributed by atoms with Gasteiger partial charge in [-0.15, -0.1) is 11.3 Å². The highest BCUT2D eigenvalue weighted by Gasteiger charge is 2.29. The Morgan fingerprint density at radius 2 is 1.59 bits per heavy atom. The number of ether oxygens (including phenoxy) is 3. The molecule has 1 aliphatic carbocycles. The molecule has 0 atom stereocenters. The number of hydrogen-bond donors (Lipinski definition) is 1. The maximum atomic E-state index is 13.6. The van der Waals surface area contributed by atoms with E-state index in [1.807, 2.05) is 30.3 Å². The second-order valence-corrected chi connectivity index (χ2v) is 9.09. The first-order chi connectivity index (χ1) is 16.5. The summed E-state index contributed by atoms with van der Waals surface area (Å²) in [6, 6.07) is 12.7. The Morgan fingerprint density at radius 1 is 0.941 bits per heavy atom. The molecular weight excluding hydrogens is 452 g/mol. The molecule has 34 heavy (non-hydrogen) atoms. The van der Waals surface area contributed by atoms with Crippen LogP contribution in [0.4, 0.5) is 10.7 Å². The summed E-state index contributed by atoms with van der Waals surface area (Å²) in [6.45, 7) is 0. The fourth-order valence-corrected chi connectivity index (χ4v) is 5.48. The van der Waals surface area contributed by atoms with Gasteiger partial charge in [0.05, 0.1) is 26.9 Å². The van der Waals surface area contributed by atoms with Crippen molar-refractivity contribution in [1.29, 1.82) is 0 Å². The van der Waals surface area contributed by atoms with Crippen molar-refractivity contribution in [2.45, 2.75) is 25.7 Å². The summed E-state index contributed by atoms with van der Waals surface area (Å²) >= 11 is 1.49. The zero-order valence-corrected chi connectivity index (χ0v) is 20.6. The van der Waals surface area contributed by atoms with Gasteiger partial charge in [-0.2, -0.15) is 0 Å². The Bertz CT molecular complexity index is 1180. The van der Waals surface area contributed by atoms with E-state index < -0.39 is 0 Å². The summed E-state index contributed by atoms with van der Waals surface area (Å²) in [5.74, 6) is 0.698. The van der Waals surface area contributed by atoms with Crippen molar-refractivity contribution in [2.75, 3.05) is 38.6 Å². The van der Waals surface area contributed by atoms with Crippen molar-refractivity contribution < 1.29 is 23.8 Å². The van der Waals surface area contributed by atoms with E-state index in [9.17, 15) is 9.59 Å². The number of anilines is 2. The smallest absolute Gasteiger partial charge is 0.261 e. The lowest BCUT2D eigenvalue weighted by Gasteiger charge is -2.20. The van der Waals surface area contributed by atoms with E-state index in [1.165, 1.54) is 32.7 Å². The van der Waals surface area contributed by atoms with E-state index in [-0.39, 0.29) is 11.8 Å². The number of hydrogen-bond acceptors (Lipinski definition) is 6. The summed E-state index contributed by atoms with van der Waals surface area (Å²) in [5, 5.41) is 3.56. The van der Waals surface area contributed by atoms with Crippen LogP contribution in [0.2, 0.25) is 0 Å². The molecule has 0 saturated heterocycles. The lowest BCUT2D eigenvalue weighted by atomic mass is 9.95. The Labute approximate surface area is 203 Å². The minimum atomic E-state index is -0.353. The quantitative estimate of drug-likeness (QED) is 0.504. The molecule has 1 aromatic heterocycles. The highest BCUT2D eigenvalue weighted by Crippen LogP contribution is 2.41. The molecule has 4 rings (SSSR count). The number of thiophene rings is 1. The summed E-state index contributed by atoms with van der Waals surface area (Å²) in [6.07, 6.45) is 3.85. The topological polar surface area (TPSA) is 77.1 Å². The monoisotopic (exact) mass is 480 g/mol. The summed E-state index contributed by atoms with van der Waals surface area (Å²) in [5.41, 5.74) is 2.76. The first-order valence-corrected chi connectivity index (χ1v) is 11.9. The second kappa shape index (κ2) is 10.2. The van der Waals surface area contributed by atoms with E-state index in [2.05, 4.69) is 5.32 Å². The van der Waals surface area contributed by atoms with Crippen molar-refractivity contribution in [1.82, 2.24) is 0 Å². The van der Waals surface area contributed by atoms with Crippen molar-refractivity contribution >= 4 is 33.8 Å². The van der Waals surface area contributed by atoms with E-state index in [4.69, 9.17) is 14.2 Å². The predicted octanol–water partition coefficient (Wildman–Crippen LogP) is 5.18. The van der Waals surface area contributed by atoms with E-state index in [0.717, 1.165) is 41.8 Å². The van der Waals surface area contributed by atoms with Crippen LogP contribution < -0.4 is 24.4 Å². The maximum absolute atomic E-state index is 13.6. The number of aryl methyl sites for hydroxylation is 1. The molecule has 0 fully saturated rings. The molecule has 0 saturated carbocycles. The zero-order chi connectivity index (χ0) is 24.2. The minimum Gasteiger partial charge on any atom is -0.493 e. The number of nitrogens with zero attached hydrogens (tertiary/aromatic N) is 1. The number of benzene rings is 2. The minimum absolute atomic E-state index is 0.134. The van der Waals surface area contributed by atoms with Crippen LogP contribution in [-0.4, -0.2) is 40.2 Å². The third-order valence-corrected chi connectivity index (χ3v) is 7.19. The normalized spacial score (nSPS) is 12.5. The number of carbonyl (C=O) groups excluding carboxylic acids is 2. The maximum Gasteiger partial charge on any atom is 0.261 e. The molecule has 2 aromatic carbocycles. The Hall–Kier alpha value is -3.52. The molecule has 1 N–H and O–H groups in total. The number of fused-ring (bicyclic) bond motifs is 1. The highest BCUT2D eigenvalue weighted by molar-refractivity contribution is 7.17. The summed E-state index contributed by atoms with van der Waals surface area (Å²) in [7, 11) is 6.28. The Morgan fingerprint density at radius 3 is 2.21 bits per heavy atom. The molecule has 178 valence electrons. The molecule has 0 bridgehead atoms. The molecule has 1 aliphatic rings. The number of carbonyl (C=O) groups is 2. The van der Waals surface area contributed by atoms with Gasteiger partial charge in [-0.25, -0.2) is 0 Å². The number of nitrogens with one attached hydrogen (secondary N) is 1. The first-order valence-electron chi connectivity index (χ1n) is 11.1. The van der Waals surface area contributed by atoms with Crippen molar-refractivity contribution in [3.05, 3.63) is 64.0 Å². The lowest BCUT2D eigenvalue weighted by Crippen LogP contribution is -2.28. The van der Waals surface area contributed by atoms with Gasteiger partial charge >= 0.3 is 0 Å². The molecule has 3 aromatic rings. The van der Waals surface area contributed by atoms with Crippen LogP contribution >= 0.6 is 11.3 Å². The molecule has 1 heterocycles. The van der Waals surface area contributed by atoms with Gasteiger partial charge in [-0.1, -0.05) is 18.2 Å². The van der Waals surface area contributed by atoms with Gasteiger partial charge in [0.1, 0.15) is 5.00 Å². The fourth-order valence-electron chi connectivity index (χ4n) is 4.20. The Kier molecular flexibility index (Phi) is 7.07. The second-order valence-electron chi connectivity index (χ2n) is 7.98. The molecule has 0 radical (unpaired) electrons. The largest absolute Gasteiger partial charge is 0.493 e. The van der Waals surface area contributed by atoms with E-state index in [0.29, 0.717) is 33.4 Å². The molecule has 8 heteroatoms. The van der Waals surface area contributed by atoms with Crippen LogP contribution in [0.3, 0.4) is 0 Å². The van der Waals surface area contributed by atoms with Gasteiger partial charge in [0, 0.05) is 23.2 Å². The third-order valence-electron chi connectivity index (χ3n) is 5.99. The average molecular weight is 481 g/mol. The summed E-state index contributed by atoms with van der Waals surface area (Å²) in [4.78, 5) is 29.7. The number of rotatable bonds is 7. The van der Waals surface area contributed by atoms with Crippen LogP contribution in [-0.2, 0) is 12.8 Å². The fraction of sp³-hybridized carbons (Fsp3) is 0.308. The number of para-hydroxylation sites is 1.